The fourth-order valence-electron chi connectivity index (χ4n) is 3.52. The highest BCUT2D eigenvalue weighted by Crippen LogP contribution is 2.35. The van der Waals surface area contributed by atoms with Crippen molar-refractivity contribution in [2.45, 2.75) is 39.0 Å². The van der Waals surface area contributed by atoms with Crippen molar-refractivity contribution >= 4 is 5.97 Å². The van der Waals surface area contributed by atoms with E-state index in [4.69, 9.17) is 4.74 Å². The first-order chi connectivity index (χ1) is 15.1. The number of alkyl halides is 3. The molecule has 3 nitrogen and oxygen atoms in total. The van der Waals surface area contributed by atoms with E-state index < -0.39 is 23.6 Å². The van der Waals surface area contributed by atoms with Crippen LogP contribution in [0.2, 0.25) is 0 Å². The van der Waals surface area contributed by atoms with Crippen LogP contribution in [0.15, 0.2) is 72.8 Å². The molecular formula is C26H25F3O3. The van der Waals surface area contributed by atoms with Gasteiger partial charge in [0.25, 0.3) is 0 Å². The molecule has 0 aliphatic carbocycles. The number of carboxylic acids is 1. The molecule has 0 bridgehead atoms. The fraction of sp³-hybridized carbons (Fsp3) is 0.269. The number of carboxylic acid groups (broad SMARTS) is 1. The lowest BCUT2D eigenvalue weighted by atomic mass is 9.88. The number of benzene rings is 3. The summed E-state index contributed by atoms with van der Waals surface area (Å²) in [6.07, 6.45) is -3.99. The monoisotopic (exact) mass is 442 g/mol. The minimum absolute atomic E-state index is 0.152. The van der Waals surface area contributed by atoms with Gasteiger partial charge in [-0.3, -0.25) is 4.79 Å². The van der Waals surface area contributed by atoms with E-state index >= 15 is 0 Å². The maximum Gasteiger partial charge on any atom is 0.416 e. The van der Waals surface area contributed by atoms with Gasteiger partial charge in [-0.1, -0.05) is 62.4 Å². The standard InChI is InChI=1S/C26H25F3O3/c1-17(2)12-24(25(30)31)21-13-20(19-8-10-22(11-9-19)26(27,28)29)14-23(15-21)32-16-18-6-4-3-5-7-18/h3-11,13-15,17,24H,12,16H2,1-2H3,(H,30,31). The molecule has 0 fully saturated rings. The molecular weight excluding hydrogens is 417 g/mol. The van der Waals surface area contributed by atoms with E-state index in [9.17, 15) is 23.1 Å². The molecule has 0 aliphatic rings. The first-order valence-corrected chi connectivity index (χ1v) is 10.4. The van der Waals surface area contributed by atoms with E-state index in [0.29, 0.717) is 35.5 Å². The third-order valence-corrected chi connectivity index (χ3v) is 5.13. The van der Waals surface area contributed by atoms with Gasteiger partial charge in [0.15, 0.2) is 0 Å². The van der Waals surface area contributed by atoms with Gasteiger partial charge in [-0.25, -0.2) is 0 Å². The Hall–Kier alpha value is -3.28. The van der Waals surface area contributed by atoms with Crippen LogP contribution in [0.3, 0.4) is 0 Å². The molecule has 0 saturated heterocycles. The predicted octanol–water partition coefficient (Wildman–Crippen LogP) is 7.17. The molecule has 32 heavy (non-hydrogen) atoms. The van der Waals surface area contributed by atoms with Crippen molar-refractivity contribution in [1.82, 2.24) is 0 Å². The molecule has 0 aliphatic heterocycles. The number of hydrogen-bond acceptors (Lipinski definition) is 2. The summed E-state index contributed by atoms with van der Waals surface area (Å²) in [4.78, 5) is 12.0. The molecule has 0 amide bonds. The first kappa shape index (κ1) is 23.4. The molecule has 6 heteroatoms. The molecule has 3 rings (SSSR count). The Kier molecular flexibility index (Phi) is 7.23. The van der Waals surface area contributed by atoms with Gasteiger partial charge in [0.05, 0.1) is 11.5 Å². The summed E-state index contributed by atoms with van der Waals surface area (Å²) in [7, 11) is 0. The highest BCUT2D eigenvalue weighted by atomic mass is 19.4. The predicted molar refractivity (Wildman–Crippen MR) is 117 cm³/mol. The van der Waals surface area contributed by atoms with Gasteiger partial charge < -0.3 is 9.84 Å². The number of hydrogen-bond donors (Lipinski definition) is 1. The number of aliphatic carboxylic acids is 1. The van der Waals surface area contributed by atoms with E-state index in [-0.39, 0.29) is 5.92 Å². The molecule has 1 unspecified atom stereocenters. The Balaban J connectivity index is 2.00. The van der Waals surface area contributed by atoms with Crippen LogP contribution in [0.5, 0.6) is 5.75 Å². The summed E-state index contributed by atoms with van der Waals surface area (Å²) in [5.74, 6) is -1.07. The average molecular weight is 442 g/mol. The van der Waals surface area contributed by atoms with E-state index in [1.54, 1.807) is 18.2 Å². The number of carbonyl (C=O) groups is 1. The number of ether oxygens (including phenoxy) is 1. The molecule has 0 heterocycles. The summed E-state index contributed by atoms with van der Waals surface area (Å²) in [5, 5.41) is 9.80. The van der Waals surface area contributed by atoms with Crippen molar-refractivity contribution in [3.8, 4) is 16.9 Å². The second-order valence-corrected chi connectivity index (χ2v) is 8.16. The van der Waals surface area contributed by atoms with Crippen molar-refractivity contribution in [2.75, 3.05) is 0 Å². The molecule has 0 spiro atoms. The highest BCUT2D eigenvalue weighted by molar-refractivity contribution is 5.78. The third kappa shape index (κ3) is 6.13. The summed E-state index contributed by atoms with van der Waals surface area (Å²) in [6, 6.07) is 19.5. The molecule has 0 aromatic heterocycles. The maximum absolute atomic E-state index is 12.9. The molecule has 1 N–H and O–H groups in total. The average Bonchev–Trinajstić information content (AvgIpc) is 2.76. The smallest absolute Gasteiger partial charge is 0.416 e. The van der Waals surface area contributed by atoms with Crippen molar-refractivity contribution in [3.05, 3.63) is 89.5 Å². The summed E-state index contributed by atoms with van der Waals surface area (Å²) < 4.78 is 44.8. The lowest BCUT2D eigenvalue weighted by Crippen LogP contribution is -2.14. The minimum Gasteiger partial charge on any atom is -0.489 e. The van der Waals surface area contributed by atoms with E-state index in [0.717, 1.165) is 17.7 Å². The van der Waals surface area contributed by atoms with Gasteiger partial charge in [-0.05, 0) is 58.9 Å². The zero-order valence-corrected chi connectivity index (χ0v) is 17.9. The van der Waals surface area contributed by atoms with Crippen LogP contribution in [-0.4, -0.2) is 11.1 Å². The van der Waals surface area contributed by atoms with E-state index in [1.165, 1.54) is 12.1 Å². The van der Waals surface area contributed by atoms with Crippen molar-refractivity contribution in [2.24, 2.45) is 5.92 Å². The van der Waals surface area contributed by atoms with Gasteiger partial charge in [0.2, 0.25) is 0 Å². The lowest BCUT2D eigenvalue weighted by molar-refractivity contribution is -0.139. The van der Waals surface area contributed by atoms with Gasteiger partial charge >= 0.3 is 12.1 Å². The zero-order valence-electron chi connectivity index (χ0n) is 17.9. The van der Waals surface area contributed by atoms with E-state index in [1.807, 2.05) is 44.2 Å². The van der Waals surface area contributed by atoms with Crippen molar-refractivity contribution in [3.63, 3.8) is 0 Å². The number of rotatable bonds is 8. The topological polar surface area (TPSA) is 46.5 Å². The lowest BCUT2D eigenvalue weighted by Gasteiger charge is -2.18. The zero-order chi connectivity index (χ0) is 23.3. The maximum atomic E-state index is 12.9. The van der Waals surface area contributed by atoms with Crippen LogP contribution >= 0.6 is 0 Å². The number of halogens is 3. The summed E-state index contributed by atoms with van der Waals surface area (Å²) in [6.45, 7) is 4.18. The Morgan fingerprint density at radius 1 is 0.938 bits per heavy atom. The second-order valence-electron chi connectivity index (χ2n) is 8.16. The Morgan fingerprint density at radius 2 is 1.59 bits per heavy atom. The van der Waals surface area contributed by atoms with Crippen molar-refractivity contribution in [1.29, 1.82) is 0 Å². The molecule has 0 radical (unpaired) electrons. The van der Waals surface area contributed by atoms with Crippen LogP contribution in [0.1, 0.15) is 42.9 Å². The third-order valence-electron chi connectivity index (χ3n) is 5.13. The Labute approximate surface area is 185 Å². The van der Waals surface area contributed by atoms with Crippen LogP contribution in [0.25, 0.3) is 11.1 Å². The molecule has 3 aromatic carbocycles. The van der Waals surface area contributed by atoms with Crippen LogP contribution < -0.4 is 4.74 Å². The summed E-state index contributed by atoms with van der Waals surface area (Å²) >= 11 is 0. The van der Waals surface area contributed by atoms with Crippen molar-refractivity contribution < 1.29 is 27.8 Å². The normalized spacial score (nSPS) is 12.6. The Morgan fingerprint density at radius 3 is 2.16 bits per heavy atom. The first-order valence-electron chi connectivity index (χ1n) is 10.4. The second kappa shape index (κ2) is 9.90. The van der Waals surface area contributed by atoms with Gasteiger partial charge in [0, 0.05) is 0 Å². The highest BCUT2D eigenvalue weighted by Gasteiger charge is 2.30. The minimum atomic E-state index is -4.42. The SMILES string of the molecule is CC(C)CC(C(=O)O)c1cc(OCc2ccccc2)cc(-c2ccc(C(F)(F)F)cc2)c1. The van der Waals surface area contributed by atoms with Crippen LogP contribution in [0.4, 0.5) is 13.2 Å². The molecule has 1 atom stereocenters. The largest absolute Gasteiger partial charge is 0.489 e. The van der Waals surface area contributed by atoms with Gasteiger partial charge in [-0.2, -0.15) is 13.2 Å². The quantitative estimate of drug-likeness (QED) is 0.402. The fourth-order valence-corrected chi connectivity index (χ4v) is 3.52. The summed E-state index contributed by atoms with van der Waals surface area (Å²) in [5.41, 5.74) is 1.94. The molecule has 0 saturated carbocycles. The van der Waals surface area contributed by atoms with Crippen LogP contribution in [0, 0.1) is 5.92 Å². The van der Waals surface area contributed by atoms with Crippen LogP contribution in [-0.2, 0) is 17.6 Å². The Bertz CT molecular complexity index is 1040. The van der Waals surface area contributed by atoms with Gasteiger partial charge in [-0.15, -0.1) is 0 Å². The van der Waals surface area contributed by atoms with E-state index in [2.05, 4.69) is 0 Å². The molecule has 168 valence electrons. The van der Waals surface area contributed by atoms with Gasteiger partial charge in [0.1, 0.15) is 12.4 Å². The molecule has 3 aromatic rings.